The molecule has 2 aliphatic carbocycles. The smallest absolute Gasteiger partial charge is 0.368 e. The molecule has 1 saturated carbocycles. The number of nitrogens with one attached hydrogen (secondary N) is 2. The molecule has 4 aliphatic rings. The molecular weight excluding hydrogens is 816 g/mol. The third-order valence-electron chi connectivity index (χ3n) is 11.6. The number of hydrogen-bond acceptors (Lipinski definition) is 9. The van der Waals surface area contributed by atoms with Gasteiger partial charge in [0.05, 0.1) is 16.4 Å². The minimum atomic E-state index is -5.04. The summed E-state index contributed by atoms with van der Waals surface area (Å²) in [6.45, 7) is 2.00. The number of carbonyl (C=O) groups excluding carboxylic acids is 2. The summed E-state index contributed by atoms with van der Waals surface area (Å²) in [7, 11) is 0. The van der Waals surface area contributed by atoms with E-state index < -0.39 is 71.0 Å². The lowest BCUT2D eigenvalue weighted by Crippen LogP contribution is -2.46. The third kappa shape index (κ3) is 6.67. The van der Waals surface area contributed by atoms with E-state index in [0.717, 1.165) is 23.4 Å². The molecule has 2 amide bonds. The Balaban J connectivity index is 1.04. The first-order chi connectivity index (χ1) is 28.7. The fourth-order valence-electron chi connectivity index (χ4n) is 8.74. The van der Waals surface area contributed by atoms with Crippen molar-refractivity contribution in [2.45, 2.75) is 50.0 Å². The van der Waals surface area contributed by atoms with Crippen molar-refractivity contribution in [3.8, 4) is 11.1 Å². The van der Waals surface area contributed by atoms with E-state index in [1.807, 2.05) is 12.1 Å². The lowest BCUT2D eigenvalue weighted by atomic mass is 9.93. The van der Waals surface area contributed by atoms with Gasteiger partial charge in [0.1, 0.15) is 23.9 Å². The number of carbonyl (C=O) groups is 2. The van der Waals surface area contributed by atoms with Gasteiger partial charge in [0.2, 0.25) is 5.91 Å². The Bertz CT molecular complexity index is 2690. The SMILES string of the molecule is O=C(Cn1nc(C(F)(F)F)c2c1C(F)(F)C1C[C@H]21)N[C@H](Cc1cc(F)cc(F)c1)c1nc2nc(N3CCN(c4ccncc4)CC3)sc2cc1-c1ccc2c(c1)C(=O)NC2. The number of nitrogens with zero attached hydrogens (tertiary/aromatic N) is 7. The van der Waals surface area contributed by atoms with Gasteiger partial charge < -0.3 is 20.4 Å². The number of anilines is 2. The predicted molar refractivity (Wildman–Crippen MR) is 206 cm³/mol. The molecular formula is C41H32F7N9O2S. The van der Waals surface area contributed by atoms with Gasteiger partial charge in [0.25, 0.3) is 11.8 Å². The Morgan fingerprint density at radius 1 is 0.950 bits per heavy atom. The number of piperazine rings is 1. The first-order valence-corrected chi connectivity index (χ1v) is 20.0. The highest BCUT2D eigenvalue weighted by atomic mass is 32.1. The number of halogens is 7. The second-order valence-corrected chi connectivity index (χ2v) is 16.4. The summed E-state index contributed by atoms with van der Waals surface area (Å²) in [5.74, 6) is -9.05. The van der Waals surface area contributed by atoms with Crippen LogP contribution in [0.5, 0.6) is 0 Å². The van der Waals surface area contributed by atoms with Gasteiger partial charge in [0.15, 0.2) is 16.5 Å². The maximum absolute atomic E-state index is 15.4. The zero-order valence-electron chi connectivity index (χ0n) is 31.2. The fraction of sp³-hybridized carbons (Fsp3) is 0.317. The van der Waals surface area contributed by atoms with Gasteiger partial charge in [-0.25, -0.2) is 13.8 Å². The van der Waals surface area contributed by atoms with Gasteiger partial charge in [-0.15, -0.1) is 0 Å². The number of alkyl halides is 5. The molecule has 6 aromatic rings. The molecule has 60 heavy (non-hydrogen) atoms. The average Bonchev–Trinajstić information content (AvgIpc) is 3.44. The van der Waals surface area contributed by atoms with Crippen molar-refractivity contribution < 1.29 is 40.3 Å². The van der Waals surface area contributed by atoms with Gasteiger partial charge in [-0.3, -0.25) is 19.3 Å². The molecule has 10 rings (SSSR count). The molecule has 0 radical (unpaired) electrons. The van der Waals surface area contributed by atoms with Crippen LogP contribution in [-0.4, -0.2) is 62.7 Å². The van der Waals surface area contributed by atoms with Crippen molar-refractivity contribution in [1.29, 1.82) is 0 Å². The van der Waals surface area contributed by atoms with Crippen molar-refractivity contribution >= 4 is 44.3 Å². The van der Waals surface area contributed by atoms with E-state index in [4.69, 9.17) is 9.97 Å². The van der Waals surface area contributed by atoms with Crippen molar-refractivity contribution in [1.82, 2.24) is 35.4 Å². The first-order valence-electron chi connectivity index (χ1n) is 19.1. The topological polar surface area (TPSA) is 121 Å². The second kappa shape index (κ2) is 14.0. The van der Waals surface area contributed by atoms with Crippen molar-refractivity contribution in [2.24, 2.45) is 5.92 Å². The molecule has 2 N–H and O–H groups in total. The van der Waals surface area contributed by atoms with Crippen LogP contribution in [-0.2, 0) is 36.4 Å². The normalized spacial score (nSPS) is 19.6. The Hall–Kier alpha value is -6.11. The maximum atomic E-state index is 15.4. The fourth-order valence-corrected chi connectivity index (χ4v) is 9.74. The first kappa shape index (κ1) is 38.1. The van der Waals surface area contributed by atoms with E-state index in [0.29, 0.717) is 70.0 Å². The summed E-state index contributed by atoms with van der Waals surface area (Å²) in [5, 5.41) is 9.68. The molecule has 308 valence electrons. The monoisotopic (exact) mass is 847 g/mol. The van der Waals surface area contributed by atoms with Crippen molar-refractivity contribution in [3.05, 3.63) is 118 Å². The number of fused-ring (bicyclic) bond motifs is 5. The van der Waals surface area contributed by atoms with Crippen LogP contribution in [0.4, 0.5) is 41.6 Å². The van der Waals surface area contributed by atoms with Crippen molar-refractivity contribution in [2.75, 3.05) is 36.0 Å². The van der Waals surface area contributed by atoms with Crippen LogP contribution < -0.4 is 20.4 Å². The molecule has 2 aliphatic heterocycles. The van der Waals surface area contributed by atoms with E-state index in [1.54, 1.807) is 36.7 Å². The predicted octanol–water partition coefficient (Wildman–Crippen LogP) is 7.13. The van der Waals surface area contributed by atoms with E-state index in [2.05, 4.69) is 30.5 Å². The largest absolute Gasteiger partial charge is 0.435 e. The van der Waals surface area contributed by atoms with Gasteiger partial charge in [0, 0.05) is 79.5 Å². The summed E-state index contributed by atoms with van der Waals surface area (Å²) >= 11 is 1.38. The van der Waals surface area contributed by atoms with Crippen LogP contribution in [0.2, 0.25) is 0 Å². The van der Waals surface area contributed by atoms with E-state index in [9.17, 15) is 31.5 Å². The highest BCUT2D eigenvalue weighted by Crippen LogP contribution is 2.68. The standard InChI is InChI=1S/C41H32F7N9O2S/c42-23-11-20(12-24(43)15-23)13-30(51-32(58)19-57-36-33(35(54-57)41(46,47)48)28-16-29(28)40(36,44)45)34-26(21-1-2-22-18-50-38(59)27(22)14-21)17-31-37(52-34)53-39(60-31)56-9-7-55(8-10-56)25-3-5-49-6-4-25/h1-6,11-12,14-15,17,28-30H,7-10,13,16,18-19H2,(H,50,59)(H,51,58)/t28-,29?,30+/m0/s1. The summed E-state index contributed by atoms with van der Waals surface area (Å²) < 4.78 is 103. The minimum absolute atomic E-state index is 0.0935. The minimum Gasteiger partial charge on any atom is -0.368 e. The number of pyridine rings is 2. The number of hydrogen-bond donors (Lipinski definition) is 2. The lowest BCUT2D eigenvalue weighted by Gasteiger charge is -2.35. The Kier molecular flexibility index (Phi) is 8.89. The number of rotatable bonds is 9. The summed E-state index contributed by atoms with van der Waals surface area (Å²) in [6, 6.07) is 12.5. The number of amides is 2. The molecule has 0 spiro atoms. The van der Waals surface area contributed by atoms with Crippen molar-refractivity contribution in [3.63, 3.8) is 0 Å². The summed E-state index contributed by atoms with van der Waals surface area (Å²) in [4.78, 5) is 45.0. The zero-order chi connectivity index (χ0) is 41.7. The molecule has 11 nitrogen and oxygen atoms in total. The van der Waals surface area contributed by atoms with Gasteiger partial charge >= 0.3 is 6.18 Å². The van der Waals surface area contributed by atoms with Crippen LogP contribution in [0.3, 0.4) is 0 Å². The van der Waals surface area contributed by atoms with Crippen LogP contribution >= 0.6 is 11.3 Å². The number of aromatic nitrogens is 5. The quantitative estimate of drug-likeness (QED) is 0.148. The molecule has 19 heteroatoms. The molecule has 4 aromatic heterocycles. The van der Waals surface area contributed by atoms with E-state index in [-0.39, 0.29) is 35.7 Å². The van der Waals surface area contributed by atoms with Gasteiger partial charge in [-0.05, 0) is 71.8 Å². The van der Waals surface area contributed by atoms with E-state index >= 15 is 8.78 Å². The van der Waals surface area contributed by atoms with Gasteiger partial charge in [-0.1, -0.05) is 23.5 Å². The molecule has 6 heterocycles. The summed E-state index contributed by atoms with van der Waals surface area (Å²) in [6.07, 6.45) is -1.97. The van der Waals surface area contributed by atoms with Crippen LogP contribution in [0, 0.1) is 17.6 Å². The molecule has 2 aromatic carbocycles. The average molecular weight is 848 g/mol. The number of thiazole rings is 1. The number of benzene rings is 2. The molecule has 1 unspecified atom stereocenters. The molecule has 3 atom stereocenters. The highest BCUT2D eigenvalue weighted by molar-refractivity contribution is 7.22. The van der Waals surface area contributed by atoms with Crippen LogP contribution in [0.15, 0.2) is 67.0 Å². The Morgan fingerprint density at radius 2 is 1.68 bits per heavy atom. The Labute approximate surface area is 340 Å². The van der Waals surface area contributed by atoms with Crippen LogP contribution in [0.25, 0.3) is 21.5 Å². The summed E-state index contributed by atoms with van der Waals surface area (Å²) in [5.41, 5.74) is 0.705. The molecule has 2 fully saturated rings. The second-order valence-electron chi connectivity index (χ2n) is 15.4. The van der Waals surface area contributed by atoms with Gasteiger partial charge in [-0.2, -0.15) is 32.0 Å². The Morgan fingerprint density at radius 3 is 2.42 bits per heavy atom. The molecule has 1 saturated heterocycles. The third-order valence-corrected chi connectivity index (χ3v) is 12.7. The maximum Gasteiger partial charge on any atom is 0.435 e. The van der Waals surface area contributed by atoms with Crippen LogP contribution in [0.1, 0.15) is 62.5 Å². The van der Waals surface area contributed by atoms with E-state index in [1.165, 1.54) is 11.3 Å². The lowest BCUT2D eigenvalue weighted by molar-refractivity contribution is -0.142. The highest BCUT2D eigenvalue weighted by Gasteiger charge is 2.68. The zero-order valence-corrected chi connectivity index (χ0v) is 32.1. The molecule has 0 bridgehead atoms.